The van der Waals surface area contributed by atoms with Crippen LogP contribution in [-0.2, 0) is 4.79 Å². The SMILES string of the molecule is C/C=C/C=C/[C@H]1CC(=O)C=CN1. The minimum absolute atomic E-state index is 0.165. The van der Waals surface area contributed by atoms with Crippen molar-refractivity contribution < 1.29 is 4.79 Å². The molecule has 64 valence electrons. The number of nitrogens with one attached hydrogen (secondary N) is 1. The van der Waals surface area contributed by atoms with E-state index in [2.05, 4.69) is 5.32 Å². The zero-order chi connectivity index (χ0) is 8.81. The number of carbonyl (C=O) groups is 1. The third kappa shape index (κ3) is 2.74. The van der Waals surface area contributed by atoms with Crippen molar-refractivity contribution in [1.29, 1.82) is 0 Å². The molecule has 2 nitrogen and oxygen atoms in total. The van der Waals surface area contributed by atoms with Gasteiger partial charge in [0.05, 0.1) is 6.04 Å². The van der Waals surface area contributed by atoms with Crippen LogP contribution in [0, 0.1) is 0 Å². The van der Waals surface area contributed by atoms with Crippen LogP contribution in [0.5, 0.6) is 0 Å². The van der Waals surface area contributed by atoms with Crippen molar-refractivity contribution in [1.82, 2.24) is 5.32 Å². The number of hydrogen-bond acceptors (Lipinski definition) is 2. The summed E-state index contributed by atoms with van der Waals surface area (Å²) in [6.45, 7) is 1.96. The van der Waals surface area contributed by atoms with Gasteiger partial charge in [-0.15, -0.1) is 0 Å². The molecule has 0 spiro atoms. The first kappa shape index (κ1) is 8.78. The number of hydrogen-bond donors (Lipinski definition) is 1. The zero-order valence-electron chi connectivity index (χ0n) is 7.16. The molecule has 0 aliphatic carbocycles. The van der Waals surface area contributed by atoms with Crippen LogP contribution >= 0.6 is 0 Å². The lowest BCUT2D eigenvalue weighted by molar-refractivity contribution is -0.115. The van der Waals surface area contributed by atoms with Gasteiger partial charge in [0.1, 0.15) is 0 Å². The molecular weight excluding hydrogens is 150 g/mol. The second-order valence-electron chi connectivity index (χ2n) is 2.69. The predicted molar refractivity (Wildman–Crippen MR) is 49.6 cm³/mol. The van der Waals surface area contributed by atoms with Crippen LogP contribution in [0.15, 0.2) is 36.6 Å². The van der Waals surface area contributed by atoms with Crippen LogP contribution < -0.4 is 5.32 Å². The highest BCUT2D eigenvalue weighted by atomic mass is 16.1. The van der Waals surface area contributed by atoms with Crippen molar-refractivity contribution in [2.75, 3.05) is 0 Å². The molecular formula is C10H13NO. The fraction of sp³-hybridized carbons (Fsp3) is 0.300. The summed E-state index contributed by atoms with van der Waals surface area (Å²) in [4.78, 5) is 10.9. The van der Waals surface area contributed by atoms with Gasteiger partial charge in [0.25, 0.3) is 0 Å². The van der Waals surface area contributed by atoms with Crippen LogP contribution in [0.1, 0.15) is 13.3 Å². The van der Waals surface area contributed by atoms with Gasteiger partial charge in [-0.05, 0) is 13.0 Å². The number of carbonyl (C=O) groups excluding carboxylic acids is 1. The average molecular weight is 163 g/mol. The Bertz CT molecular complexity index is 238. The van der Waals surface area contributed by atoms with E-state index in [0.29, 0.717) is 6.42 Å². The maximum Gasteiger partial charge on any atom is 0.159 e. The maximum atomic E-state index is 10.9. The van der Waals surface area contributed by atoms with Gasteiger partial charge in [-0.1, -0.05) is 24.3 Å². The Morgan fingerprint density at radius 1 is 1.58 bits per heavy atom. The van der Waals surface area contributed by atoms with Crippen molar-refractivity contribution in [2.24, 2.45) is 0 Å². The molecule has 12 heavy (non-hydrogen) atoms. The van der Waals surface area contributed by atoms with E-state index in [1.165, 1.54) is 0 Å². The quantitative estimate of drug-likeness (QED) is 0.626. The summed E-state index contributed by atoms with van der Waals surface area (Å²) < 4.78 is 0. The third-order valence-corrected chi connectivity index (χ3v) is 1.65. The summed E-state index contributed by atoms with van der Waals surface area (Å²) in [7, 11) is 0. The molecule has 1 atom stereocenters. The van der Waals surface area contributed by atoms with Gasteiger partial charge in [0.15, 0.2) is 5.78 Å². The van der Waals surface area contributed by atoms with Crippen molar-refractivity contribution in [3.63, 3.8) is 0 Å². The lowest BCUT2D eigenvalue weighted by atomic mass is 10.1. The summed E-state index contributed by atoms with van der Waals surface area (Å²) in [5, 5.41) is 3.09. The first-order valence-electron chi connectivity index (χ1n) is 4.08. The summed E-state index contributed by atoms with van der Waals surface area (Å²) >= 11 is 0. The Labute approximate surface area is 72.7 Å². The van der Waals surface area contributed by atoms with E-state index in [1.54, 1.807) is 12.3 Å². The summed E-state index contributed by atoms with van der Waals surface area (Å²) in [6, 6.07) is 0.165. The second kappa shape index (κ2) is 4.54. The molecule has 0 aromatic rings. The summed E-state index contributed by atoms with van der Waals surface area (Å²) in [5.41, 5.74) is 0. The molecule has 0 aromatic heterocycles. The van der Waals surface area contributed by atoms with Gasteiger partial charge in [0.2, 0.25) is 0 Å². The second-order valence-corrected chi connectivity index (χ2v) is 2.69. The van der Waals surface area contributed by atoms with E-state index in [1.807, 2.05) is 31.2 Å². The van der Waals surface area contributed by atoms with Crippen LogP contribution in [-0.4, -0.2) is 11.8 Å². The van der Waals surface area contributed by atoms with Crippen molar-refractivity contribution >= 4 is 5.78 Å². The molecule has 0 saturated heterocycles. The van der Waals surface area contributed by atoms with Gasteiger partial charge >= 0.3 is 0 Å². The fourth-order valence-electron chi connectivity index (χ4n) is 1.04. The molecule has 1 heterocycles. The minimum atomic E-state index is 0.165. The summed E-state index contributed by atoms with van der Waals surface area (Å²) in [6.07, 6.45) is 11.7. The van der Waals surface area contributed by atoms with E-state index in [0.717, 1.165) is 0 Å². The molecule has 0 fully saturated rings. The number of ketones is 1. The molecule has 1 N–H and O–H groups in total. The van der Waals surface area contributed by atoms with E-state index >= 15 is 0 Å². The Kier molecular flexibility index (Phi) is 3.33. The van der Waals surface area contributed by atoms with Crippen molar-refractivity contribution in [3.05, 3.63) is 36.6 Å². The van der Waals surface area contributed by atoms with E-state index < -0.39 is 0 Å². The monoisotopic (exact) mass is 163 g/mol. The van der Waals surface area contributed by atoms with Crippen LogP contribution in [0.25, 0.3) is 0 Å². The largest absolute Gasteiger partial charge is 0.384 e. The molecule has 0 aromatic carbocycles. The molecule has 0 bridgehead atoms. The average Bonchev–Trinajstić information content (AvgIpc) is 2.05. The van der Waals surface area contributed by atoms with Gasteiger partial charge in [-0.3, -0.25) is 4.79 Å². The number of rotatable bonds is 2. The van der Waals surface area contributed by atoms with Gasteiger partial charge < -0.3 is 5.32 Å². The molecule has 1 rings (SSSR count). The summed E-state index contributed by atoms with van der Waals surface area (Å²) in [5.74, 6) is 0.184. The highest BCUT2D eigenvalue weighted by Gasteiger charge is 2.10. The molecule has 0 unspecified atom stereocenters. The Hall–Kier alpha value is -1.31. The van der Waals surface area contributed by atoms with E-state index in [4.69, 9.17) is 0 Å². The normalized spacial score (nSPS) is 23.8. The van der Waals surface area contributed by atoms with Gasteiger partial charge in [0, 0.05) is 12.6 Å². The predicted octanol–water partition coefficient (Wildman–Crippen LogP) is 1.56. The highest BCUT2D eigenvalue weighted by Crippen LogP contribution is 2.01. The molecule has 2 heteroatoms. The first-order valence-corrected chi connectivity index (χ1v) is 4.08. The van der Waals surface area contributed by atoms with Crippen molar-refractivity contribution in [3.8, 4) is 0 Å². The fourth-order valence-corrected chi connectivity index (χ4v) is 1.04. The minimum Gasteiger partial charge on any atom is -0.384 e. The maximum absolute atomic E-state index is 10.9. The molecule has 0 radical (unpaired) electrons. The molecule has 1 aliphatic rings. The standard InChI is InChI=1S/C10H13NO/c1-2-3-4-5-9-8-10(12)6-7-11-9/h2-7,9,11H,8H2,1H3/b3-2+,5-4+/t9-/m0/s1. The lowest BCUT2D eigenvalue weighted by Crippen LogP contribution is -2.28. The molecule has 0 amide bonds. The van der Waals surface area contributed by atoms with Crippen LogP contribution in [0.2, 0.25) is 0 Å². The Morgan fingerprint density at radius 2 is 2.42 bits per heavy atom. The van der Waals surface area contributed by atoms with Gasteiger partial charge in [-0.2, -0.15) is 0 Å². The zero-order valence-corrected chi connectivity index (χ0v) is 7.16. The smallest absolute Gasteiger partial charge is 0.159 e. The van der Waals surface area contributed by atoms with Gasteiger partial charge in [-0.25, -0.2) is 0 Å². The third-order valence-electron chi connectivity index (χ3n) is 1.65. The van der Waals surface area contributed by atoms with Crippen molar-refractivity contribution in [2.45, 2.75) is 19.4 Å². The highest BCUT2D eigenvalue weighted by molar-refractivity contribution is 5.91. The molecule has 0 saturated carbocycles. The Morgan fingerprint density at radius 3 is 3.08 bits per heavy atom. The lowest BCUT2D eigenvalue weighted by Gasteiger charge is -2.14. The number of allylic oxidation sites excluding steroid dienone is 4. The van der Waals surface area contributed by atoms with Crippen LogP contribution in [0.4, 0.5) is 0 Å². The molecule has 1 aliphatic heterocycles. The van der Waals surface area contributed by atoms with E-state index in [9.17, 15) is 4.79 Å². The Balaban J connectivity index is 2.44. The topological polar surface area (TPSA) is 29.1 Å². The first-order chi connectivity index (χ1) is 5.83. The van der Waals surface area contributed by atoms with Crippen LogP contribution in [0.3, 0.4) is 0 Å². The van der Waals surface area contributed by atoms with E-state index in [-0.39, 0.29) is 11.8 Å².